The van der Waals surface area contributed by atoms with Crippen molar-refractivity contribution in [3.63, 3.8) is 0 Å². The number of nitrogens with zero attached hydrogens (tertiary/aromatic N) is 2. The van der Waals surface area contributed by atoms with Crippen molar-refractivity contribution in [3.05, 3.63) is 40.2 Å². The first-order valence-corrected chi connectivity index (χ1v) is 9.98. The van der Waals surface area contributed by atoms with Crippen LogP contribution in [0.2, 0.25) is 0 Å². The molecule has 1 aromatic carbocycles. The Morgan fingerprint density at radius 1 is 1.27 bits per heavy atom. The Morgan fingerprint density at radius 3 is 2.46 bits per heavy atom. The maximum atomic E-state index is 12.9. The number of carbonyl (C=O) groups excluding carboxylic acids is 1. The number of nitrogens with one attached hydrogen (secondary N) is 1. The fourth-order valence-corrected chi connectivity index (χ4v) is 3.50. The summed E-state index contributed by atoms with van der Waals surface area (Å²) in [4.78, 5) is 25.4. The van der Waals surface area contributed by atoms with Crippen molar-refractivity contribution in [1.29, 1.82) is 0 Å². The highest BCUT2D eigenvalue weighted by Gasteiger charge is 2.21. The minimum atomic E-state index is -3.68. The molecule has 0 aliphatic heterocycles. The van der Waals surface area contributed by atoms with Crippen LogP contribution in [0.15, 0.2) is 34.1 Å². The van der Waals surface area contributed by atoms with E-state index in [9.17, 15) is 18.0 Å². The van der Waals surface area contributed by atoms with Crippen LogP contribution >= 0.6 is 0 Å². The van der Waals surface area contributed by atoms with E-state index in [4.69, 9.17) is 0 Å². The van der Waals surface area contributed by atoms with E-state index in [1.165, 1.54) is 32.4 Å². The van der Waals surface area contributed by atoms with Crippen LogP contribution in [0.25, 0.3) is 10.9 Å². The molecule has 0 aliphatic carbocycles. The molecule has 8 heteroatoms. The van der Waals surface area contributed by atoms with Gasteiger partial charge >= 0.3 is 0 Å². The molecule has 0 unspecified atom stereocenters. The second-order valence-corrected chi connectivity index (χ2v) is 8.56. The number of benzene rings is 1. The molecule has 0 saturated carbocycles. The van der Waals surface area contributed by atoms with Crippen LogP contribution in [-0.4, -0.2) is 43.3 Å². The first-order chi connectivity index (χ1) is 12.1. The largest absolute Gasteiger partial charge is 0.349 e. The summed E-state index contributed by atoms with van der Waals surface area (Å²) in [6.07, 6.45) is 2.27. The number of rotatable bonds is 6. The molecule has 0 saturated heterocycles. The topological polar surface area (TPSA) is 88.5 Å². The predicted molar refractivity (Wildman–Crippen MR) is 102 cm³/mol. The molecule has 0 aliphatic rings. The van der Waals surface area contributed by atoms with E-state index in [0.717, 1.165) is 10.7 Å². The maximum absolute atomic E-state index is 12.9. The molecule has 142 valence electrons. The number of sulfonamides is 1. The Labute approximate surface area is 153 Å². The van der Waals surface area contributed by atoms with E-state index in [1.807, 2.05) is 20.8 Å². The molecule has 0 bridgehead atoms. The second kappa shape index (κ2) is 7.59. The van der Waals surface area contributed by atoms with Crippen molar-refractivity contribution in [2.45, 2.75) is 44.7 Å². The minimum Gasteiger partial charge on any atom is -0.349 e. The Balaban J connectivity index is 2.73. The van der Waals surface area contributed by atoms with E-state index >= 15 is 0 Å². The molecule has 1 heterocycles. The molecule has 1 amide bonds. The number of fused-ring (bicyclic) bond motifs is 1. The summed E-state index contributed by atoms with van der Waals surface area (Å²) in [6.45, 7) is 6.23. The van der Waals surface area contributed by atoms with Crippen molar-refractivity contribution in [1.82, 2.24) is 14.2 Å². The van der Waals surface area contributed by atoms with Gasteiger partial charge in [-0.25, -0.2) is 12.7 Å². The monoisotopic (exact) mass is 379 g/mol. The average Bonchev–Trinajstić information content (AvgIpc) is 2.61. The molecule has 7 nitrogen and oxygen atoms in total. The lowest BCUT2D eigenvalue weighted by molar-refractivity contribution is 0.0937. The first-order valence-electron chi connectivity index (χ1n) is 8.54. The summed E-state index contributed by atoms with van der Waals surface area (Å²) in [5.41, 5.74) is 0.135. The van der Waals surface area contributed by atoms with Crippen LogP contribution < -0.4 is 10.7 Å². The van der Waals surface area contributed by atoms with E-state index in [0.29, 0.717) is 12.1 Å². The summed E-state index contributed by atoms with van der Waals surface area (Å²) >= 11 is 0. The van der Waals surface area contributed by atoms with Gasteiger partial charge in [0, 0.05) is 38.3 Å². The highest BCUT2D eigenvalue weighted by atomic mass is 32.2. The maximum Gasteiger partial charge on any atom is 0.256 e. The van der Waals surface area contributed by atoms with E-state index in [2.05, 4.69) is 5.32 Å². The highest BCUT2D eigenvalue weighted by Crippen LogP contribution is 2.20. The molecule has 2 aromatic rings. The lowest BCUT2D eigenvalue weighted by Gasteiger charge is -2.16. The molecule has 26 heavy (non-hydrogen) atoms. The quantitative estimate of drug-likeness (QED) is 0.829. The zero-order valence-corrected chi connectivity index (χ0v) is 16.6. The molecule has 1 atom stereocenters. The van der Waals surface area contributed by atoms with Gasteiger partial charge in [-0.3, -0.25) is 9.59 Å². The van der Waals surface area contributed by atoms with E-state index < -0.39 is 21.4 Å². The van der Waals surface area contributed by atoms with Gasteiger partial charge < -0.3 is 9.88 Å². The Bertz CT molecular complexity index is 993. The van der Waals surface area contributed by atoms with Crippen LogP contribution in [0.3, 0.4) is 0 Å². The van der Waals surface area contributed by atoms with Gasteiger partial charge in [0.15, 0.2) is 0 Å². The van der Waals surface area contributed by atoms with Gasteiger partial charge in [0.25, 0.3) is 5.91 Å². The average molecular weight is 379 g/mol. The highest BCUT2D eigenvalue weighted by molar-refractivity contribution is 7.89. The molecular weight excluding hydrogens is 354 g/mol. The molecule has 2 rings (SSSR count). The van der Waals surface area contributed by atoms with Crippen molar-refractivity contribution >= 4 is 26.8 Å². The molecule has 1 N–H and O–H groups in total. The Hall–Kier alpha value is -2.19. The van der Waals surface area contributed by atoms with Crippen molar-refractivity contribution < 1.29 is 13.2 Å². The van der Waals surface area contributed by atoms with Gasteiger partial charge in [0.2, 0.25) is 15.5 Å². The molecule has 0 spiro atoms. The van der Waals surface area contributed by atoms with Crippen molar-refractivity contribution in [3.8, 4) is 0 Å². The smallest absolute Gasteiger partial charge is 0.256 e. The van der Waals surface area contributed by atoms with Gasteiger partial charge in [0.1, 0.15) is 5.56 Å². The zero-order valence-electron chi connectivity index (χ0n) is 15.7. The zero-order chi connectivity index (χ0) is 19.6. The SMILES string of the molecule is CC[C@H](C)NC(=O)c1cn(CC)c2ccc(S(=O)(=O)N(C)C)cc2c1=O. The number of pyridine rings is 1. The standard InChI is InChI=1S/C18H25N3O4S/c1-6-12(3)19-18(23)15-11-21(7-2)16-9-8-13(10-14(16)17(15)22)26(24,25)20(4)5/h8-12H,6-7H2,1-5H3,(H,19,23)/t12-/m0/s1. The van der Waals surface area contributed by atoms with Crippen molar-refractivity contribution in [2.24, 2.45) is 0 Å². The van der Waals surface area contributed by atoms with Crippen LogP contribution in [-0.2, 0) is 16.6 Å². The first kappa shape index (κ1) is 20.1. The Morgan fingerprint density at radius 2 is 1.92 bits per heavy atom. The van der Waals surface area contributed by atoms with Gasteiger partial charge in [-0.2, -0.15) is 0 Å². The van der Waals surface area contributed by atoms with Crippen LogP contribution in [0.4, 0.5) is 0 Å². The summed E-state index contributed by atoms with van der Waals surface area (Å²) in [5, 5.41) is 3.00. The Kier molecular flexibility index (Phi) is 5.87. The summed E-state index contributed by atoms with van der Waals surface area (Å²) in [6, 6.07) is 4.36. The third kappa shape index (κ3) is 3.66. The fourth-order valence-electron chi connectivity index (χ4n) is 2.57. The predicted octanol–water partition coefficient (Wildman–Crippen LogP) is 1.80. The number of hydrogen-bond donors (Lipinski definition) is 1. The summed E-state index contributed by atoms with van der Waals surface area (Å²) in [7, 11) is -0.815. The lowest BCUT2D eigenvalue weighted by Crippen LogP contribution is -2.35. The molecule has 1 aromatic heterocycles. The fraction of sp³-hybridized carbons (Fsp3) is 0.444. The number of aryl methyl sites for hydroxylation is 1. The number of hydrogen-bond acceptors (Lipinski definition) is 4. The second-order valence-electron chi connectivity index (χ2n) is 6.41. The van der Waals surface area contributed by atoms with E-state index in [1.54, 1.807) is 10.6 Å². The molecule has 0 fully saturated rings. The lowest BCUT2D eigenvalue weighted by atomic mass is 10.1. The third-order valence-corrected chi connectivity index (χ3v) is 6.22. The summed E-state index contributed by atoms with van der Waals surface area (Å²) < 4.78 is 27.6. The molecular formula is C18H25N3O4S. The van der Waals surface area contributed by atoms with Crippen molar-refractivity contribution in [2.75, 3.05) is 14.1 Å². The molecule has 0 radical (unpaired) electrons. The van der Waals surface area contributed by atoms with E-state index in [-0.39, 0.29) is 21.9 Å². The van der Waals surface area contributed by atoms with Gasteiger partial charge in [0.05, 0.1) is 10.4 Å². The van der Waals surface area contributed by atoms with Gasteiger partial charge in [-0.1, -0.05) is 6.92 Å². The third-order valence-electron chi connectivity index (χ3n) is 4.41. The number of amides is 1. The van der Waals surface area contributed by atoms with Crippen LogP contribution in [0, 0.1) is 0 Å². The number of aromatic nitrogens is 1. The van der Waals surface area contributed by atoms with Crippen LogP contribution in [0.1, 0.15) is 37.6 Å². The normalized spacial score (nSPS) is 13.2. The van der Waals surface area contributed by atoms with Crippen LogP contribution in [0.5, 0.6) is 0 Å². The number of carbonyl (C=O) groups is 1. The van der Waals surface area contributed by atoms with Gasteiger partial charge in [-0.15, -0.1) is 0 Å². The minimum absolute atomic E-state index is 0.0130. The summed E-state index contributed by atoms with van der Waals surface area (Å²) in [5.74, 6) is -0.450. The van der Waals surface area contributed by atoms with Gasteiger partial charge in [-0.05, 0) is 38.5 Å².